The van der Waals surface area contributed by atoms with E-state index in [1.165, 1.54) is 0 Å². The fourth-order valence-electron chi connectivity index (χ4n) is 2.15. The van der Waals surface area contributed by atoms with Crippen molar-refractivity contribution >= 4 is 0 Å². The van der Waals surface area contributed by atoms with Gasteiger partial charge in [0.25, 0.3) is 0 Å². The molecule has 5 nitrogen and oxygen atoms in total. The molecule has 0 saturated carbocycles. The molecule has 0 aromatic carbocycles. The summed E-state index contributed by atoms with van der Waals surface area (Å²) in [6.45, 7) is 5.95. The molecule has 0 aliphatic rings. The second-order valence-corrected chi connectivity index (χ2v) is 4.94. The zero-order valence-corrected chi connectivity index (χ0v) is 12.5. The summed E-state index contributed by atoms with van der Waals surface area (Å²) in [6, 6.07) is 3.68. The molecule has 2 rings (SSSR count). The summed E-state index contributed by atoms with van der Waals surface area (Å²) in [5, 5.41) is 13.7. The Balaban J connectivity index is 2.34. The maximum absolute atomic E-state index is 9.33. The third-order valence-corrected chi connectivity index (χ3v) is 3.25. The van der Waals surface area contributed by atoms with Gasteiger partial charge < -0.3 is 9.84 Å². The third-order valence-electron chi connectivity index (χ3n) is 3.25. The molecule has 0 saturated heterocycles. The summed E-state index contributed by atoms with van der Waals surface area (Å²) in [5.74, 6) is 1.25. The van der Waals surface area contributed by atoms with E-state index in [1.54, 1.807) is 10.7 Å². The molecule has 20 heavy (non-hydrogen) atoms. The summed E-state index contributed by atoms with van der Waals surface area (Å²) in [5.41, 5.74) is 3.54. The van der Waals surface area contributed by atoms with Crippen LogP contribution in [0.4, 0.5) is 0 Å². The molecule has 0 spiro atoms. The molecule has 0 amide bonds. The molecule has 2 aromatic heterocycles. The van der Waals surface area contributed by atoms with Crippen molar-refractivity contribution in [1.29, 1.82) is 0 Å². The first-order valence-corrected chi connectivity index (χ1v) is 6.84. The van der Waals surface area contributed by atoms with Crippen LogP contribution in [0.2, 0.25) is 0 Å². The lowest BCUT2D eigenvalue weighted by Gasteiger charge is -2.09. The predicted molar refractivity (Wildman–Crippen MR) is 76.9 cm³/mol. The minimum atomic E-state index is -0.0133. The van der Waals surface area contributed by atoms with Crippen molar-refractivity contribution in [2.24, 2.45) is 7.05 Å². The van der Waals surface area contributed by atoms with Crippen molar-refractivity contribution in [1.82, 2.24) is 14.8 Å². The number of pyridine rings is 1. The van der Waals surface area contributed by atoms with Crippen LogP contribution in [0.3, 0.4) is 0 Å². The molecule has 108 valence electrons. The van der Waals surface area contributed by atoms with Crippen LogP contribution < -0.4 is 4.74 Å². The van der Waals surface area contributed by atoms with Crippen LogP contribution in [0.1, 0.15) is 36.0 Å². The molecule has 0 radical (unpaired) electrons. The number of aryl methyl sites for hydroxylation is 3. The van der Waals surface area contributed by atoms with Gasteiger partial charge in [-0.2, -0.15) is 5.10 Å². The molecule has 0 aliphatic carbocycles. The predicted octanol–water partition coefficient (Wildman–Crippen LogP) is 2.67. The fraction of sp³-hybridized carbons (Fsp3) is 0.467. The minimum Gasteiger partial charge on any atom is -0.435 e. The van der Waals surface area contributed by atoms with Gasteiger partial charge in [-0.25, -0.2) is 4.98 Å². The van der Waals surface area contributed by atoms with Crippen LogP contribution in [-0.2, 0) is 20.1 Å². The van der Waals surface area contributed by atoms with Crippen molar-refractivity contribution in [2.75, 3.05) is 0 Å². The fourth-order valence-corrected chi connectivity index (χ4v) is 2.15. The molecule has 5 heteroatoms. The van der Waals surface area contributed by atoms with Gasteiger partial charge in [0.2, 0.25) is 5.88 Å². The molecule has 1 N–H and O–H groups in total. The number of hydrogen-bond acceptors (Lipinski definition) is 4. The molecule has 0 unspecified atom stereocenters. The Morgan fingerprint density at radius 2 is 2.05 bits per heavy atom. The monoisotopic (exact) mass is 275 g/mol. The maximum Gasteiger partial charge on any atom is 0.219 e. The second kappa shape index (κ2) is 6.05. The smallest absolute Gasteiger partial charge is 0.219 e. The van der Waals surface area contributed by atoms with Gasteiger partial charge in [-0.1, -0.05) is 13.3 Å². The summed E-state index contributed by atoms with van der Waals surface area (Å²) in [7, 11) is 1.88. The highest BCUT2D eigenvalue weighted by Gasteiger charge is 2.13. The van der Waals surface area contributed by atoms with Crippen molar-refractivity contribution in [3.63, 3.8) is 0 Å². The molecular weight excluding hydrogens is 254 g/mol. The quantitative estimate of drug-likeness (QED) is 0.911. The number of aliphatic hydroxyl groups is 1. The lowest BCUT2D eigenvalue weighted by Crippen LogP contribution is -1.98. The van der Waals surface area contributed by atoms with E-state index in [9.17, 15) is 5.11 Å². The van der Waals surface area contributed by atoms with E-state index in [4.69, 9.17) is 4.74 Å². The largest absolute Gasteiger partial charge is 0.435 e. The molecule has 0 atom stereocenters. The average molecular weight is 275 g/mol. The van der Waals surface area contributed by atoms with Crippen LogP contribution in [0.15, 0.2) is 12.1 Å². The topological polar surface area (TPSA) is 60.2 Å². The Kier molecular flexibility index (Phi) is 4.39. The van der Waals surface area contributed by atoms with Crippen LogP contribution >= 0.6 is 0 Å². The van der Waals surface area contributed by atoms with Gasteiger partial charge in [0, 0.05) is 18.8 Å². The third kappa shape index (κ3) is 2.99. The Bertz CT molecular complexity index is 605. The van der Waals surface area contributed by atoms with Gasteiger partial charge in [-0.3, -0.25) is 4.68 Å². The number of aromatic nitrogens is 3. The Morgan fingerprint density at radius 1 is 1.30 bits per heavy atom. The highest BCUT2D eigenvalue weighted by atomic mass is 16.5. The number of rotatable bonds is 5. The average Bonchev–Trinajstić information content (AvgIpc) is 2.65. The Labute approximate surface area is 119 Å². The van der Waals surface area contributed by atoms with E-state index in [1.807, 2.05) is 27.0 Å². The Morgan fingerprint density at radius 3 is 2.60 bits per heavy atom. The summed E-state index contributed by atoms with van der Waals surface area (Å²) < 4.78 is 7.67. The Hall–Kier alpha value is -1.88. The van der Waals surface area contributed by atoms with Crippen LogP contribution in [0.5, 0.6) is 11.6 Å². The molecule has 0 fully saturated rings. The normalized spacial score (nSPS) is 10.8. The van der Waals surface area contributed by atoms with Gasteiger partial charge in [0.15, 0.2) is 5.75 Å². The zero-order valence-electron chi connectivity index (χ0n) is 12.5. The van der Waals surface area contributed by atoms with E-state index >= 15 is 0 Å². The van der Waals surface area contributed by atoms with E-state index in [0.29, 0.717) is 5.88 Å². The van der Waals surface area contributed by atoms with Gasteiger partial charge in [0.1, 0.15) is 5.69 Å². The van der Waals surface area contributed by atoms with Crippen molar-refractivity contribution in [2.45, 2.75) is 40.2 Å². The van der Waals surface area contributed by atoms with Crippen LogP contribution in [-0.4, -0.2) is 19.9 Å². The van der Waals surface area contributed by atoms with E-state index < -0.39 is 0 Å². The van der Waals surface area contributed by atoms with Crippen molar-refractivity contribution < 1.29 is 9.84 Å². The summed E-state index contributed by atoms with van der Waals surface area (Å²) in [4.78, 5) is 4.49. The maximum atomic E-state index is 9.33. The molecule has 0 aliphatic heterocycles. The van der Waals surface area contributed by atoms with Crippen LogP contribution in [0.25, 0.3) is 0 Å². The summed E-state index contributed by atoms with van der Waals surface area (Å²) in [6.07, 6.45) is 1.88. The first-order valence-electron chi connectivity index (χ1n) is 6.84. The first kappa shape index (κ1) is 14.5. The molecule has 2 aromatic rings. The number of ether oxygens (including phenoxy) is 1. The number of hydrogen-bond donors (Lipinski definition) is 1. The number of nitrogens with zero attached hydrogens (tertiary/aromatic N) is 3. The van der Waals surface area contributed by atoms with Gasteiger partial charge in [-0.15, -0.1) is 0 Å². The molecule has 0 bridgehead atoms. The van der Waals surface area contributed by atoms with Gasteiger partial charge >= 0.3 is 0 Å². The molecular formula is C15H21N3O2. The van der Waals surface area contributed by atoms with Gasteiger partial charge in [0.05, 0.1) is 12.3 Å². The zero-order chi connectivity index (χ0) is 14.7. The van der Waals surface area contributed by atoms with E-state index in [0.717, 1.165) is 41.2 Å². The summed E-state index contributed by atoms with van der Waals surface area (Å²) >= 11 is 0. The SMILES string of the molecule is CCCc1cc(CO)cc(Oc2c(C)nn(C)c2C)n1. The first-order chi connectivity index (χ1) is 9.55. The lowest BCUT2D eigenvalue weighted by atomic mass is 10.2. The highest BCUT2D eigenvalue weighted by molar-refractivity contribution is 5.36. The highest BCUT2D eigenvalue weighted by Crippen LogP contribution is 2.27. The van der Waals surface area contributed by atoms with Crippen molar-refractivity contribution in [3.8, 4) is 11.6 Å². The van der Waals surface area contributed by atoms with E-state index in [-0.39, 0.29) is 6.61 Å². The van der Waals surface area contributed by atoms with Gasteiger partial charge in [-0.05, 0) is 31.9 Å². The minimum absolute atomic E-state index is 0.0133. The molecule has 2 heterocycles. The lowest BCUT2D eigenvalue weighted by molar-refractivity contribution is 0.280. The standard InChI is InChI=1S/C15H21N3O2/c1-5-6-13-7-12(9-19)8-14(16-13)20-15-10(2)17-18(4)11(15)3/h7-8,19H,5-6,9H2,1-4H3. The second-order valence-electron chi connectivity index (χ2n) is 4.94. The van der Waals surface area contributed by atoms with E-state index in [2.05, 4.69) is 17.0 Å². The van der Waals surface area contributed by atoms with Crippen LogP contribution in [0, 0.1) is 13.8 Å². The number of aliphatic hydroxyl groups excluding tert-OH is 1. The van der Waals surface area contributed by atoms with Crippen molar-refractivity contribution in [3.05, 3.63) is 34.8 Å².